The Morgan fingerprint density at radius 2 is 1.81 bits per heavy atom. The molecule has 0 spiro atoms. The standard InChI is InChI=1S/C21H26Cl3NO2/c1-13(2)18-10-19(23)14(3)8-21(18)27-12-17(26)11-25-7-6-15-4-5-16(22)9-20(15)24/h4-5,8-10,13,17,25-26H,6-7,11-12H2,1-3H3/t17-/m0/s1. The summed E-state index contributed by atoms with van der Waals surface area (Å²) in [6.45, 7) is 7.49. The van der Waals surface area contributed by atoms with Crippen molar-refractivity contribution >= 4 is 34.8 Å². The first kappa shape index (κ1) is 22.3. The summed E-state index contributed by atoms with van der Waals surface area (Å²) < 4.78 is 5.86. The van der Waals surface area contributed by atoms with Gasteiger partial charge in [0, 0.05) is 21.6 Å². The van der Waals surface area contributed by atoms with Crippen molar-refractivity contribution in [1.82, 2.24) is 5.32 Å². The molecule has 2 aromatic carbocycles. The van der Waals surface area contributed by atoms with Crippen molar-refractivity contribution in [2.45, 2.75) is 39.2 Å². The van der Waals surface area contributed by atoms with Crippen molar-refractivity contribution in [3.8, 4) is 5.75 Å². The Labute approximate surface area is 176 Å². The maximum absolute atomic E-state index is 10.2. The zero-order chi connectivity index (χ0) is 20.0. The number of halogens is 3. The van der Waals surface area contributed by atoms with Crippen LogP contribution in [0.25, 0.3) is 0 Å². The molecule has 2 aromatic rings. The quantitative estimate of drug-likeness (QED) is 0.505. The highest BCUT2D eigenvalue weighted by atomic mass is 35.5. The molecule has 6 heteroatoms. The lowest BCUT2D eigenvalue weighted by atomic mass is 10.0. The normalized spacial score (nSPS) is 12.4. The van der Waals surface area contributed by atoms with Crippen LogP contribution < -0.4 is 10.1 Å². The van der Waals surface area contributed by atoms with Crippen molar-refractivity contribution in [3.63, 3.8) is 0 Å². The van der Waals surface area contributed by atoms with Crippen molar-refractivity contribution in [2.24, 2.45) is 0 Å². The summed E-state index contributed by atoms with van der Waals surface area (Å²) in [7, 11) is 0. The van der Waals surface area contributed by atoms with Crippen molar-refractivity contribution in [2.75, 3.05) is 19.7 Å². The summed E-state index contributed by atoms with van der Waals surface area (Å²) in [6, 6.07) is 9.35. The molecule has 0 amide bonds. The maximum Gasteiger partial charge on any atom is 0.123 e. The number of aryl methyl sites for hydroxylation is 1. The Bertz CT molecular complexity index is 765. The van der Waals surface area contributed by atoms with Crippen LogP contribution >= 0.6 is 34.8 Å². The van der Waals surface area contributed by atoms with Crippen molar-refractivity contribution < 1.29 is 9.84 Å². The van der Waals surface area contributed by atoms with E-state index in [1.807, 2.05) is 31.2 Å². The molecule has 0 unspecified atom stereocenters. The molecule has 0 aliphatic heterocycles. The van der Waals surface area contributed by atoms with Crippen LogP contribution in [-0.2, 0) is 6.42 Å². The summed E-state index contributed by atoms with van der Waals surface area (Å²) in [4.78, 5) is 0. The summed E-state index contributed by atoms with van der Waals surface area (Å²) in [5.74, 6) is 1.07. The van der Waals surface area contributed by atoms with Gasteiger partial charge in [0.25, 0.3) is 0 Å². The van der Waals surface area contributed by atoms with Crippen molar-refractivity contribution in [1.29, 1.82) is 0 Å². The van der Waals surface area contributed by atoms with E-state index in [4.69, 9.17) is 39.5 Å². The monoisotopic (exact) mass is 429 g/mol. The summed E-state index contributed by atoms with van der Waals surface area (Å²) in [6.07, 6.45) is 0.152. The minimum Gasteiger partial charge on any atom is -0.491 e. The van der Waals surface area contributed by atoms with E-state index in [2.05, 4.69) is 19.2 Å². The highest BCUT2D eigenvalue weighted by molar-refractivity contribution is 6.35. The number of rotatable bonds is 9. The largest absolute Gasteiger partial charge is 0.491 e. The maximum atomic E-state index is 10.2. The Morgan fingerprint density at radius 1 is 1.07 bits per heavy atom. The second kappa shape index (κ2) is 10.5. The Hall–Kier alpha value is -0.970. The van der Waals surface area contributed by atoms with E-state index in [1.165, 1.54) is 0 Å². The molecule has 1 atom stereocenters. The molecular formula is C21H26Cl3NO2. The Kier molecular flexibility index (Phi) is 8.71. The van der Waals surface area contributed by atoms with Gasteiger partial charge in [0.15, 0.2) is 0 Å². The van der Waals surface area contributed by atoms with Gasteiger partial charge in [-0.3, -0.25) is 0 Å². The molecule has 2 N–H and O–H groups in total. The van der Waals surface area contributed by atoms with Gasteiger partial charge < -0.3 is 15.2 Å². The van der Waals surface area contributed by atoms with Crippen LogP contribution in [0.3, 0.4) is 0 Å². The van der Waals surface area contributed by atoms with Crippen molar-refractivity contribution in [3.05, 3.63) is 62.1 Å². The van der Waals surface area contributed by atoms with Gasteiger partial charge >= 0.3 is 0 Å². The average Bonchev–Trinajstić information content (AvgIpc) is 2.60. The number of aliphatic hydroxyl groups excluding tert-OH is 1. The van der Waals surface area contributed by atoms with Crippen LogP contribution in [0.1, 0.15) is 36.5 Å². The molecule has 27 heavy (non-hydrogen) atoms. The predicted octanol–water partition coefficient (Wildman–Crippen LogP) is 5.65. The first-order valence-corrected chi connectivity index (χ1v) is 10.2. The molecule has 0 heterocycles. The smallest absolute Gasteiger partial charge is 0.123 e. The molecule has 148 valence electrons. The third-order valence-corrected chi connectivity index (χ3v) is 5.30. The fourth-order valence-corrected chi connectivity index (χ4v) is 3.38. The van der Waals surface area contributed by atoms with Crippen LogP contribution in [0.4, 0.5) is 0 Å². The third-order valence-electron chi connectivity index (χ3n) is 4.31. The average molecular weight is 431 g/mol. The number of hydrogen-bond acceptors (Lipinski definition) is 3. The van der Waals surface area contributed by atoms with Crippen LogP contribution in [0.2, 0.25) is 15.1 Å². The van der Waals surface area contributed by atoms with E-state index in [0.29, 0.717) is 23.1 Å². The fraction of sp³-hybridized carbons (Fsp3) is 0.429. The van der Waals surface area contributed by atoms with E-state index in [9.17, 15) is 5.11 Å². The van der Waals surface area contributed by atoms with Gasteiger partial charge in [-0.1, -0.05) is 54.7 Å². The second-order valence-corrected chi connectivity index (χ2v) is 8.20. The minimum atomic E-state index is -0.610. The lowest BCUT2D eigenvalue weighted by Gasteiger charge is -2.18. The first-order chi connectivity index (χ1) is 12.8. The summed E-state index contributed by atoms with van der Waals surface area (Å²) >= 11 is 18.3. The molecule has 3 nitrogen and oxygen atoms in total. The molecule has 2 rings (SSSR count). The molecule has 0 saturated heterocycles. The Balaban J connectivity index is 1.79. The van der Waals surface area contributed by atoms with Gasteiger partial charge in [0.05, 0.1) is 0 Å². The van der Waals surface area contributed by atoms with Crippen LogP contribution in [-0.4, -0.2) is 30.9 Å². The molecule has 0 aliphatic carbocycles. The molecule has 0 aromatic heterocycles. The van der Waals surface area contributed by atoms with E-state index < -0.39 is 6.10 Å². The van der Waals surface area contributed by atoms with Gasteiger partial charge in [-0.05, 0) is 66.8 Å². The number of nitrogens with one attached hydrogen (secondary N) is 1. The van der Waals surface area contributed by atoms with Gasteiger partial charge in [0.2, 0.25) is 0 Å². The zero-order valence-corrected chi connectivity index (χ0v) is 18.1. The van der Waals surface area contributed by atoms with Crippen LogP contribution in [0, 0.1) is 6.92 Å². The van der Waals surface area contributed by atoms with E-state index >= 15 is 0 Å². The van der Waals surface area contributed by atoms with Gasteiger partial charge in [-0.15, -0.1) is 0 Å². The SMILES string of the molecule is Cc1cc(OC[C@@H](O)CNCCc2ccc(Cl)cc2Cl)c(C(C)C)cc1Cl. The molecule has 0 saturated carbocycles. The molecule has 0 aliphatic rings. The van der Waals surface area contributed by atoms with Crippen LogP contribution in [0.5, 0.6) is 5.75 Å². The first-order valence-electron chi connectivity index (χ1n) is 9.03. The third kappa shape index (κ3) is 6.85. The topological polar surface area (TPSA) is 41.5 Å². The predicted molar refractivity (Wildman–Crippen MR) is 115 cm³/mol. The van der Waals surface area contributed by atoms with Gasteiger partial charge in [0.1, 0.15) is 18.5 Å². The number of benzene rings is 2. The Morgan fingerprint density at radius 3 is 2.48 bits per heavy atom. The molecular weight excluding hydrogens is 405 g/mol. The lowest BCUT2D eigenvalue weighted by molar-refractivity contribution is 0.106. The highest BCUT2D eigenvalue weighted by Crippen LogP contribution is 2.32. The zero-order valence-electron chi connectivity index (χ0n) is 15.9. The van der Waals surface area contributed by atoms with Crippen LogP contribution in [0.15, 0.2) is 30.3 Å². The summed E-state index contributed by atoms with van der Waals surface area (Å²) in [5, 5.41) is 15.4. The lowest BCUT2D eigenvalue weighted by Crippen LogP contribution is -2.32. The minimum absolute atomic E-state index is 0.218. The number of aliphatic hydroxyl groups is 1. The number of hydrogen-bond donors (Lipinski definition) is 2. The second-order valence-electron chi connectivity index (χ2n) is 6.95. The van der Waals surface area contributed by atoms with Gasteiger partial charge in [-0.25, -0.2) is 0 Å². The van der Waals surface area contributed by atoms with Gasteiger partial charge in [-0.2, -0.15) is 0 Å². The number of ether oxygens (including phenoxy) is 1. The highest BCUT2D eigenvalue weighted by Gasteiger charge is 2.13. The van der Waals surface area contributed by atoms with E-state index in [1.54, 1.807) is 6.07 Å². The molecule has 0 radical (unpaired) electrons. The van der Waals surface area contributed by atoms with E-state index in [0.717, 1.165) is 33.9 Å². The fourth-order valence-electron chi connectivity index (χ4n) is 2.71. The van der Waals surface area contributed by atoms with E-state index in [-0.39, 0.29) is 12.5 Å². The summed E-state index contributed by atoms with van der Waals surface area (Å²) in [5.41, 5.74) is 3.03. The molecule has 0 bridgehead atoms. The molecule has 0 fully saturated rings.